The van der Waals surface area contributed by atoms with Crippen LogP contribution in [0.5, 0.6) is 0 Å². The van der Waals surface area contributed by atoms with Crippen LogP contribution in [0.4, 0.5) is 5.69 Å². The molecule has 0 bridgehead atoms. The van der Waals surface area contributed by atoms with E-state index in [-0.39, 0.29) is 5.91 Å². The van der Waals surface area contributed by atoms with Crippen LogP contribution < -0.4 is 5.32 Å². The number of nitrogens with one attached hydrogen (secondary N) is 2. The number of allylic oxidation sites excluding steroid dienone is 1. The molecule has 17 heavy (non-hydrogen) atoms. The molecule has 0 unspecified atom stereocenters. The van der Waals surface area contributed by atoms with Gasteiger partial charge in [-0.1, -0.05) is 13.0 Å². The van der Waals surface area contributed by atoms with Crippen LogP contribution in [0.15, 0.2) is 42.1 Å². The molecular weight excluding hydrogens is 212 g/mol. The molecular formula is C14H16N2O. The third-order valence-corrected chi connectivity index (χ3v) is 2.68. The van der Waals surface area contributed by atoms with E-state index >= 15 is 0 Å². The number of fused-ring (bicyclic) bond motifs is 1. The van der Waals surface area contributed by atoms with Crippen molar-refractivity contribution in [3.05, 3.63) is 42.1 Å². The van der Waals surface area contributed by atoms with E-state index in [0.717, 1.165) is 28.6 Å². The van der Waals surface area contributed by atoms with Gasteiger partial charge in [-0.2, -0.15) is 0 Å². The van der Waals surface area contributed by atoms with Gasteiger partial charge in [-0.3, -0.25) is 4.79 Å². The van der Waals surface area contributed by atoms with Crippen molar-refractivity contribution in [2.75, 3.05) is 5.32 Å². The van der Waals surface area contributed by atoms with Crippen LogP contribution in [-0.2, 0) is 4.79 Å². The summed E-state index contributed by atoms with van der Waals surface area (Å²) in [6.07, 6.45) is 4.68. The van der Waals surface area contributed by atoms with E-state index in [1.807, 2.05) is 50.4 Å². The number of H-pyrrole nitrogens is 1. The maximum atomic E-state index is 11.8. The van der Waals surface area contributed by atoms with E-state index in [0.29, 0.717) is 0 Å². The number of amides is 1. The van der Waals surface area contributed by atoms with Gasteiger partial charge in [0.1, 0.15) is 0 Å². The van der Waals surface area contributed by atoms with Gasteiger partial charge >= 0.3 is 0 Å². The molecule has 0 saturated heterocycles. The highest BCUT2D eigenvalue weighted by Gasteiger charge is 2.04. The number of hydrogen-bond acceptors (Lipinski definition) is 1. The van der Waals surface area contributed by atoms with Crippen LogP contribution in [0.25, 0.3) is 10.9 Å². The minimum atomic E-state index is -0.0401. The zero-order valence-corrected chi connectivity index (χ0v) is 10.1. The summed E-state index contributed by atoms with van der Waals surface area (Å²) in [5.74, 6) is -0.0401. The molecule has 2 N–H and O–H groups in total. The van der Waals surface area contributed by atoms with Crippen LogP contribution in [0.1, 0.15) is 20.3 Å². The number of aromatic nitrogens is 1. The molecule has 0 fully saturated rings. The first-order chi connectivity index (χ1) is 8.20. The highest BCUT2D eigenvalue weighted by Crippen LogP contribution is 2.18. The van der Waals surface area contributed by atoms with Crippen LogP contribution in [-0.4, -0.2) is 10.9 Å². The summed E-state index contributed by atoms with van der Waals surface area (Å²) in [4.78, 5) is 14.9. The number of benzene rings is 1. The number of aromatic amines is 1. The smallest absolute Gasteiger partial charge is 0.250 e. The Morgan fingerprint density at radius 2 is 2.24 bits per heavy atom. The zero-order chi connectivity index (χ0) is 12.3. The second kappa shape index (κ2) is 4.87. The molecule has 0 atom stereocenters. The molecule has 0 spiro atoms. The van der Waals surface area contributed by atoms with Crippen molar-refractivity contribution in [1.82, 2.24) is 4.98 Å². The van der Waals surface area contributed by atoms with Gasteiger partial charge in [0.2, 0.25) is 0 Å². The highest BCUT2D eigenvalue weighted by molar-refractivity contribution is 6.04. The van der Waals surface area contributed by atoms with Gasteiger partial charge < -0.3 is 10.3 Å². The van der Waals surface area contributed by atoms with Gasteiger partial charge in [0, 0.05) is 28.4 Å². The van der Waals surface area contributed by atoms with Gasteiger partial charge in [0.05, 0.1) is 0 Å². The largest absolute Gasteiger partial charge is 0.361 e. The summed E-state index contributed by atoms with van der Waals surface area (Å²) < 4.78 is 0. The van der Waals surface area contributed by atoms with Crippen molar-refractivity contribution < 1.29 is 4.79 Å². The molecule has 88 valence electrons. The van der Waals surface area contributed by atoms with Gasteiger partial charge in [-0.15, -0.1) is 0 Å². The molecule has 0 aliphatic rings. The first kappa shape index (κ1) is 11.5. The van der Waals surface area contributed by atoms with E-state index in [1.54, 1.807) is 0 Å². The molecule has 3 nitrogen and oxygen atoms in total. The number of anilines is 1. The molecule has 2 aromatic rings. The van der Waals surface area contributed by atoms with Gasteiger partial charge in [0.25, 0.3) is 5.91 Å². The summed E-state index contributed by atoms with van der Waals surface area (Å²) in [5.41, 5.74) is 2.65. The quantitative estimate of drug-likeness (QED) is 0.776. The molecule has 3 heteroatoms. The van der Waals surface area contributed by atoms with E-state index in [4.69, 9.17) is 0 Å². The molecule has 1 aromatic carbocycles. The molecule has 1 aromatic heterocycles. The fourth-order valence-corrected chi connectivity index (χ4v) is 1.76. The van der Waals surface area contributed by atoms with E-state index < -0.39 is 0 Å². The van der Waals surface area contributed by atoms with E-state index in [1.165, 1.54) is 0 Å². The summed E-state index contributed by atoms with van der Waals surface area (Å²) in [7, 11) is 0. The number of carbonyl (C=O) groups excluding carboxylic acids is 1. The minimum absolute atomic E-state index is 0.0401. The average molecular weight is 228 g/mol. The van der Waals surface area contributed by atoms with Gasteiger partial charge in [-0.25, -0.2) is 0 Å². The van der Waals surface area contributed by atoms with Crippen LogP contribution in [0.3, 0.4) is 0 Å². The SMILES string of the molecule is CC/C=C(\C)C(=O)Nc1ccc2[nH]ccc2c1. The third-order valence-electron chi connectivity index (χ3n) is 2.68. The van der Waals surface area contributed by atoms with Crippen molar-refractivity contribution in [2.45, 2.75) is 20.3 Å². The predicted molar refractivity (Wildman–Crippen MR) is 71.0 cm³/mol. The zero-order valence-electron chi connectivity index (χ0n) is 10.1. The predicted octanol–water partition coefficient (Wildman–Crippen LogP) is 3.46. The van der Waals surface area contributed by atoms with Crippen molar-refractivity contribution in [3.63, 3.8) is 0 Å². The Hall–Kier alpha value is -2.03. The Morgan fingerprint density at radius 3 is 3.00 bits per heavy atom. The van der Waals surface area contributed by atoms with Crippen molar-refractivity contribution in [1.29, 1.82) is 0 Å². The first-order valence-electron chi connectivity index (χ1n) is 5.76. The highest BCUT2D eigenvalue weighted by atomic mass is 16.1. The Kier molecular flexibility index (Phi) is 3.28. The van der Waals surface area contributed by atoms with Gasteiger partial charge in [-0.05, 0) is 37.6 Å². The van der Waals surface area contributed by atoms with Crippen LogP contribution in [0, 0.1) is 0 Å². The first-order valence-corrected chi connectivity index (χ1v) is 5.76. The lowest BCUT2D eigenvalue weighted by Gasteiger charge is -2.05. The second-order valence-corrected chi connectivity index (χ2v) is 4.03. The second-order valence-electron chi connectivity index (χ2n) is 4.03. The number of rotatable bonds is 3. The fourth-order valence-electron chi connectivity index (χ4n) is 1.76. The molecule has 1 amide bonds. The lowest BCUT2D eigenvalue weighted by Crippen LogP contribution is -2.12. The van der Waals surface area contributed by atoms with Crippen LogP contribution in [0.2, 0.25) is 0 Å². The van der Waals surface area contributed by atoms with Gasteiger partial charge in [0.15, 0.2) is 0 Å². The molecule has 0 saturated carbocycles. The molecule has 0 radical (unpaired) electrons. The molecule has 1 heterocycles. The summed E-state index contributed by atoms with van der Waals surface area (Å²) in [5, 5.41) is 3.98. The van der Waals surface area contributed by atoms with Crippen molar-refractivity contribution in [3.8, 4) is 0 Å². The Morgan fingerprint density at radius 1 is 1.41 bits per heavy atom. The lowest BCUT2D eigenvalue weighted by molar-refractivity contribution is -0.112. The Balaban J connectivity index is 2.18. The Bertz CT molecular complexity index is 566. The van der Waals surface area contributed by atoms with Crippen LogP contribution >= 0.6 is 0 Å². The molecule has 0 aliphatic heterocycles. The van der Waals surface area contributed by atoms with E-state index in [9.17, 15) is 4.79 Å². The third kappa shape index (κ3) is 2.56. The topological polar surface area (TPSA) is 44.9 Å². The summed E-state index contributed by atoms with van der Waals surface area (Å²) in [6, 6.07) is 7.81. The maximum absolute atomic E-state index is 11.8. The summed E-state index contributed by atoms with van der Waals surface area (Å²) >= 11 is 0. The standard InChI is InChI=1S/C14H16N2O/c1-3-4-10(2)14(17)16-12-5-6-13-11(9-12)7-8-15-13/h4-9,15H,3H2,1-2H3,(H,16,17)/b10-4+. The van der Waals surface area contributed by atoms with Crippen molar-refractivity contribution in [2.24, 2.45) is 0 Å². The monoisotopic (exact) mass is 228 g/mol. The van der Waals surface area contributed by atoms with E-state index in [2.05, 4.69) is 10.3 Å². The van der Waals surface area contributed by atoms with Crippen molar-refractivity contribution >= 4 is 22.5 Å². The number of carbonyl (C=O) groups is 1. The average Bonchev–Trinajstić information content (AvgIpc) is 2.76. The normalized spacial score (nSPS) is 11.8. The summed E-state index contributed by atoms with van der Waals surface area (Å²) in [6.45, 7) is 3.84. The Labute approximate surface area is 101 Å². The fraction of sp³-hybridized carbons (Fsp3) is 0.214. The molecule has 0 aliphatic carbocycles. The minimum Gasteiger partial charge on any atom is -0.361 e. The molecule has 2 rings (SSSR count). The number of hydrogen-bond donors (Lipinski definition) is 2. The lowest BCUT2D eigenvalue weighted by atomic mass is 10.2. The maximum Gasteiger partial charge on any atom is 0.250 e.